The van der Waals surface area contributed by atoms with Crippen molar-refractivity contribution in [2.24, 2.45) is 0 Å². The molecule has 0 bridgehead atoms. The second kappa shape index (κ2) is 14.7. The van der Waals surface area contributed by atoms with Gasteiger partial charge in [-0.2, -0.15) is 0 Å². The van der Waals surface area contributed by atoms with Gasteiger partial charge in [-0.3, -0.25) is 9.69 Å². The minimum absolute atomic E-state index is 0.0859. The number of carbonyl (C=O) groups excluding carboxylic acids is 1. The van der Waals surface area contributed by atoms with Crippen LogP contribution in [-0.2, 0) is 11.2 Å². The van der Waals surface area contributed by atoms with E-state index in [0.717, 1.165) is 17.8 Å². The van der Waals surface area contributed by atoms with E-state index < -0.39 is 6.04 Å². The van der Waals surface area contributed by atoms with Crippen LogP contribution in [0.5, 0.6) is 11.5 Å². The molecule has 0 fully saturated rings. The largest absolute Gasteiger partial charge is 0.457 e. The molecule has 0 spiro atoms. The molecule has 0 saturated carbocycles. The molecule has 6 nitrogen and oxygen atoms in total. The monoisotopic (exact) mass is 552 g/mol. The van der Waals surface area contributed by atoms with Gasteiger partial charge in [-0.25, -0.2) is 0 Å². The number of thiocarbonyl (C=S) groups is 1. The SMILES string of the molecule is CC(C)N(CCNC(=O)C(Cc1ccccc1)NC(=S)Nc1ccc(Oc2ccc(Cl)cc2)cc1)C(C)C. The lowest BCUT2D eigenvalue weighted by atomic mass is 10.1. The molecule has 3 N–H and O–H groups in total. The first kappa shape index (κ1) is 29.4. The van der Waals surface area contributed by atoms with Gasteiger partial charge in [0, 0.05) is 42.3 Å². The van der Waals surface area contributed by atoms with Gasteiger partial charge < -0.3 is 20.7 Å². The van der Waals surface area contributed by atoms with Gasteiger partial charge in [0.1, 0.15) is 17.5 Å². The van der Waals surface area contributed by atoms with Crippen LogP contribution in [0, 0.1) is 0 Å². The van der Waals surface area contributed by atoms with E-state index in [2.05, 4.69) is 48.5 Å². The first-order chi connectivity index (χ1) is 18.2. The smallest absolute Gasteiger partial charge is 0.242 e. The average molecular weight is 553 g/mol. The first-order valence-electron chi connectivity index (χ1n) is 12.9. The highest BCUT2D eigenvalue weighted by Gasteiger charge is 2.21. The van der Waals surface area contributed by atoms with Crippen molar-refractivity contribution < 1.29 is 9.53 Å². The van der Waals surface area contributed by atoms with E-state index in [4.69, 9.17) is 28.6 Å². The predicted octanol–water partition coefficient (Wildman–Crippen LogP) is 6.27. The number of nitrogens with one attached hydrogen (secondary N) is 3. The number of hydrogen-bond acceptors (Lipinski definition) is 4. The number of halogens is 1. The molecule has 0 radical (unpaired) electrons. The zero-order valence-electron chi connectivity index (χ0n) is 22.4. The van der Waals surface area contributed by atoms with E-state index in [1.807, 2.05) is 66.7 Å². The van der Waals surface area contributed by atoms with Crippen molar-refractivity contribution in [3.8, 4) is 11.5 Å². The Balaban J connectivity index is 1.59. The van der Waals surface area contributed by atoms with Gasteiger partial charge in [0.05, 0.1) is 0 Å². The third-order valence-electron chi connectivity index (χ3n) is 6.06. The molecular formula is C30H37ClN4O2S. The number of anilines is 1. The van der Waals surface area contributed by atoms with Crippen LogP contribution in [0.2, 0.25) is 5.02 Å². The summed E-state index contributed by atoms with van der Waals surface area (Å²) in [6, 6.07) is 24.9. The summed E-state index contributed by atoms with van der Waals surface area (Å²) in [5.74, 6) is 1.30. The van der Waals surface area contributed by atoms with Gasteiger partial charge >= 0.3 is 0 Å². The maximum absolute atomic E-state index is 13.2. The van der Waals surface area contributed by atoms with Gasteiger partial charge in [-0.15, -0.1) is 0 Å². The summed E-state index contributed by atoms with van der Waals surface area (Å²) in [5.41, 5.74) is 1.84. The normalized spacial score (nSPS) is 11.9. The Morgan fingerprint density at radius 2 is 1.47 bits per heavy atom. The van der Waals surface area contributed by atoms with E-state index in [1.165, 1.54) is 0 Å². The third kappa shape index (κ3) is 9.63. The van der Waals surface area contributed by atoms with Crippen LogP contribution in [-0.4, -0.2) is 47.1 Å². The zero-order valence-corrected chi connectivity index (χ0v) is 24.0. The second-order valence-corrected chi connectivity index (χ2v) is 10.5. The van der Waals surface area contributed by atoms with Crippen LogP contribution in [0.1, 0.15) is 33.3 Å². The molecule has 8 heteroatoms. The molecule has 38 heavy (non-hydrogen) atoms. The molecule has 0 heterocycles. The number of hydrogen-bond donors (Lipinski definition) is 3. The average Bonchev–Trinajstić information content (AvgIpc) is 2.88. The number of rotatable bonds is 12. The lowest BCUT2D eigenvalue weighted by molar-refractivity contribution is -0.122. The van der Waals surface area contributed by atoms with Gasteiger partial charge in [0.25, 0.3) is 0 Å². The van der Waals surface area contributed by atoms with Gasteiger partial charge in [-0.05, 0) is 94.0 Å². The minimum atomic E-state index is -0.517. The van der Waals surface area contributed by atoms with Gasteiger partial charge in [-0.1, -0.05) is 41.9 Å². The fourth-order valence-corrected chi connectivity index (χ4v) is 4.56. The van der Waals surface area contributed by atoms with Crippen molar-refractivity contribution in [2.45, 2.75) is 52.2 Å². The maximum Gasteiger partial charge on any atom is 0.242 e. The number of carbonyl (C=O) groups is 1. The Hall–Kier alpha value is -3.13. The van der Waals surface area contributed by atoms with Crippen LogP contribution >= 0.6 is 23.8 Å². The summed E-state index contributed by atoms with van der Waals surface area (Å²) >= 11 is 11.5. The topological polar surface area (TPSA) is 65.6 Å². The van der Waals surface area contributed by atoms with Crippen LogP contribution in [0.4, 0.5) is 5.69 Å². The maximum atomic E-state index is 13.2. The second-order valence-electron chi connectivity index (χ2n) is 9.64. The van der Waals surface area contributed by atoms with Crippen molar-refractivity contribution in [1.82, 2.24) is 15.5 Å². The molecule has 202 valence electrons. The van der Waals surface area contributed by atoms with Crippen LogP contribution in [0.25, 0.3) is 0 Å². The minimum Gasteiger partial charge on any atom is -0.457 e. The summed E-state index contributed by atoms with van der Waals surface area (Å²) in [6.07, 6.45) is 0.514. The van der Waals surface area contributed by atoms with Crippen molar-refractivity contribution in [3.63, 3.8) is 0 Å². The lowest BCUT2D eigenvalue weighted by Gasteiger charge is -2.30. The van der Waals surface area contributed by atoms with E-state index in [1.54, 1.807) is 12.1 Å². The summed E-state index contributed by atoms with van der Waals surface area (Å²) in [5, 5.41) is 10.5. The fourth-order valence-electron chi connectivity index (χ4n) is 4.17. The molecule has 0 aliphatic rings. The van der Waals surface area contributed by atoms with Crippen LogP contribution in [0.3, 0.4) is 0 Å². The number of benzene rings is 3. The molecule has 3 aromatic rings. The molecule has 0 aromatic heterocycles. The van der Waals surface area contributed by atoms with E-state index in [-0.39, 0.29) is 5.91 Å². The highest BCUT2D eigenvalue weighted by molar-refractivity contribution is 7.80. The summed E-state index contributed by atoms with van der Waals surface area (Å²) in [6.45, 7) is 10.0. The molecule has 0 saturated heterocycles. The van der Waals surface area contributed by atoms with E-state index in [0.29, 0.717) is 46.7 Å². The Morgan fingerprint density at radius 3 is 2.05 bits per heavy atom. The molecule has 0 aliphatic carbocycles. The number of amides is 1. The van der Waals surface area contributed by atoms with Crippen molar-refractivity contribution in [1.29, 1.82) is 0 Å². The molecule has 0 aliphatic heterocycles. The summed E-state index contributed by atoms with van der Waals surface area (Å²) < 4.78 is 5.85. The Labute approximate surface area is 236 Å². The molecule has 3 aromatic carbocycles. The first-order valence-corrected chi connectivity index (χ1v) is 13.7. The Morgan fingerprint density at radius 1 is 0.895 bits per heavy atom. The highest BCUT2D eigenvalue weighted by Crippen LogP contribution is 2.24. The summed E-state index contributed by atoms with van der Waals surface area (Å²) in [7, 11) is 0. The number of nitrogens with zero attached hydrogens (tertiary/aromatic N) is 1. The van der Waals surface area contributed by atoms with Crippen molar-refractivity contribution >= 4 is 40.5 Å². The molecule has 3 rings (SSSR count). The highest BCUT2D eigenvalue weighted by atomic mass is 35.5. The fraction of sp³-hybridized carbons (Fsp3) is 0.333. The van der Waals surface area contributed by atoms with Crippen molar-refractivity contribution in [3.05, 3.63) is 89.4 Å². The predicted molar refractivity (Wildman–Crippen MR) is 161 cm³/mol. The Bertz CT molecular complexity index is 1150. The Kier molecular flexibility index (Phi) is 11.4. The third-order valence-corrected chi connectivity index (χ3v) is 6.53. The van der Waals surface area contributed by atoms with Gasteiger partial charge in [0.2, 0.25) is 5.91 Å². The van der Waals surface area contributed by atoms with Gasteiger partial charge in [0.15, 0.2) is 5.11 Å². The molecule has 1 atom stereocenters. The van der Waals surface area contributed by atoms with E-state index >= 15 is 0 Å². The number of ether oxygens (including phenoxy) is 1. The lowest BCUT2D eigenvalue weighted by Crippen LogP contribution is -2.51. The molecule has 1 unspecified atom stereocenters. The molecule has 1 amide bonds. The summed E-state index contributed by atoms with van der Waals surface area (Å²) in [4.78, 5) is 15.5. The van der Waals surface area contributed by atoms with Crippen LogP contribution < -0.4 is 20.7 Å². The quantitative estimate of drug-likeness (QED) is 0.230. The van der Waals surface area contributed by atoms with Crippen molar-refractivity contribution in [2.75, 3.05) is 18.4 Å². The van der Waals surface area contributed by atoms with E-state index in [9.17, 15) is 4.79 Å². The standard InChI is InChI=1S/C30H37ClN4O2S/c1-21(2)35(22(3)4)19-18-32-29(36)28(20-23-8-6-5-7-9-23)34-30(38)33-25-12-16-27(17-13-25)37-26-14-10-24(31)11-15-26/h5-17,21-22,28H,18-20H2,1-4H3,(H,32,36)(H2,33,34,38). The zero-order chi connectivity index (χ0) is 27.5. The van der Waals surface area contributed by atoms with Crippen LogP contribution in [0.15, 0.2) is 78.9 Å². The molecular weight excluding hydrogens is 516 g/mol.